The third-order valence-electron chi connectivity index (χ3n) is 3.98. The van der Waals surface area contributed by atoms with Crippen molar-refractivity contribution >= 4 is 31.6 Å². The Hall–Kier alpha value is -1.75. The number of sulfonamides is 1. The predicted octanol–water partition coefficient (Wildman–Crippen LogP) is 1.31. The van der Waals surface area contributed by atoms with Gasteiger partial charge in [0.15, 0.2) is 9.84 Å². The van der Waals surface area contributed by atoms with E-state index in [1.807, 2.05) is 6.92 Å². The first-order valence-electron chi connectivity index (χ1n) is 7.74. The van der Waals surface area contributed by atoms with Crippen molar-refractivity contribution in [2.24, 2.45) is 5.14 Å². The zero-order valence-corrected chi connectivity index (χ0v) is 16.3. The molecular weight excluding hydrogens is 396 g/mol. The smallest absolute Gasteiger partial charge is 0.244 e. The molecule has 1 aromatic rings. The van der Waals surface area contributed by atoms with E-state index in [1.54, 1.807) is 18.2 Å². The minimum atomic E-state index is -3.98. The number of thioether (sulfide) groups is 1. The largest absolute Gasteiger partial charge is 0.508 e. The summed E-state index contributed by atoms with van der Waals surface area (Å²) in [5.74, 6) is 0.0955. The normalized spacial score (nSPS) is 21.8. The number of hydrogen-bond acceptors (Lipinski definition) is 7. The number of fused-ring (bicyclic) bond motifs is 1. The number of sulfone groups is 1. The average Bonchev–Trinajstić information content (AvgIpc) is 3.01. The number of nitrogens with two attached hydrogens (primary N) is 1. The van der Waals surface area contributed by atoms with Crippen LogP contribution in [0.2, 0.25) is 0 Å². The van der Waals surface area contributed by atoms with Gasteiger partial charge in [-0.15, -0.1) is 0 Å². The monoisotopic (exact) mass is 414 g/mol. The van der Waals surface area contributed by atoms with Gasteiger partial charge < -0.3 is 10.4 Å². The van der Waals surface area contributed by atoms with Gasteiger partial charge in [-0.2, -0.15) is 0 Å². The lowest BCUT2D eigenvalue weighted by Crippen LogP contribution is -2.28. The lowest BCUT2D eigenvalue weighted by atomic mass is 10.1. The highest BCUT2D eigenvalue weighted by atomic mass is 32.3. The lowest BCUT2D eigenvalue weighted by Gasteiger charge is -2.24. The molecule has 2 aliphatic heterocycles. The molecule has 0 bridgehead atoms. The lowest BCUT2D eigenvalue weighted by molar-refractivity contribution is 0.475. The maximum absolute atomic E-state index is 13.0. The van der Waals surface area contributed by atoms with E-state index in [1.165, 1.54) is 18.2 Å². The minimum Gasteiger partial charge on any atom is -0.508 e. The van der Waals surface area contributed by atoms with E-state index in [9.17, 15) is 21.9 Å². The third kappa shape index (κ3) is 3.54. The quantitative estimate of drug-likeness (QED) is 0.663. The topological polar surface area (TPSA) is 127 Å². The molecule has 0 aromatic heterocycles. The van der Waals surface area contributed by atoms with E-state index < -0.39 is 24.4 Å². The van der Waals surface area contributed by atoms with Gasteiger partial charge in [0.2, 0.25) is 10.0 Å². The molecule has 0 aliphatic carbocycles. The van der Waals surface area contributed by atoms with E-state index in [-0.39, 0.29) is 21.3 Å². The van der Waals surface area contributed by atoms with Gasteiger partial charge in [-0.25, -0.2) is 22.0 Å². The second kappa shape index (κ2) is 6.76. The maximum Gasteiger partial charge on any atom is 0.244 e. The Balaban J connectivity index is 2.06. The molecule has 7 nitrogen and oxygen atoms in total. The Morgan fingerprint density at radius 1 is 1.23 bits per heavy atom. The Labute approximate surface area is 156 Å². The molecule has 3 rings (SSSR count). The van der Waals surface area contributed by atoms with Gasteiger partial charge in [0, 0.05) is 24.2 Å². The molecule has 0 saturated carbocycles. The van der Waals surface area contributed by atoms with Crippen molar-refractivity contribution < 1.29 is 21.9 Å². The summed E-state index contributed by atoms with van der Waals surface area (Å²) in [7, 11) is -7.75. The SMILES string of the molecule is CCNC1=C2C=C(S(N)(=O)=O)SC2S(=O)(=O)C(Cc2ccc(O)cc2)=C1. The fourth-order valence-electron chi connectivity index (χ4n) is 2.76. The van der Waals surface area contributed by atoms with Crippen LogP contribution in [0.25, 0.3) is 0 Å². The summed E-state index contributed by atoms with van der Waals surface area (Å²) in [5.41, 5.74) is 1.70. The van der Waals surface area contributed by atoms with Gasteiger partial charge in [0.05, 0.1) is 4.91 Å². The van der Waals surface area contributed by atoms with Crippen molar-refractivity contribution in [3.8, 4) is 5.75 Å². The van der Waals surface area contributed by atoms with Crippen molar-refractivity contribution in [3.63, 3.8) is 0 Å². The highest BCUT2D eigenvalue weighted by molar-refractivity contribution is 8.25. The van der Waals surface area contributed by atoms with Crippen LogP contribution in [0, 0.1) is 0 Å². The van der Waals surface area contributed by atoms with Gasteiger partial charge in [-0.05, 0) is 36.8 Å². The molecule has 1 atom stereocenters. The number of phenols is 1. The maximum atomic E-state index is 13.0. The summed E-state index contributed by atoms with van der Waals surface area (Å²) in [6.07, 6.45) is 3.02. The van der Waals surface area contributed by atoms with Gasteiger partial charge in [0.1, 0.15) is 14.6 Å². The zero-order chi connectivity index (χ0) is 19.1. The molecule has 0 spiro atoms. The van der Waals surface area contributed by atoms with Crippen molar-refractivity contribution in [2.45, 2.75) is 17.9 Å². The zero-order valence-electron chi connectivity index (χ0n) is 13.8. The molecule has 0 amide bonds. The Bertz CT molecular complexity index is 1040. The van der Waals surface area contributed by atoms with Crippen molar-refractivity contribution in [3.05, 3.63) is 62.4 Å². The molecule has 26 heavy (non-hydrogen) atoms. The molecule has 0 radical (unpaired) electrons. The molecule has 2 heterocycles. The summed E-state index contributed by atoms with van der Waals surface area (Å²) in [5, 5.41) is 17.7. The van der Waals surface area contributed by atoms with E-state index in [0.717, 1.165) is 17.3 Å². The molecule has 0 fully saturated rings. The number of hydrogen-bond donors (Lipinski definition) is 3. The van der Waals surface area contributed by atoms with Gasteiger partial charge in [-0.3, -0.25) is 0 Å². The second-order valence-corrected chi connectivity index (χ2v) is 11.2. The first-order valence-corrected chi connectivity index (χ1v) is 11.7. The standard InChI is InChI=1S/C16H18N2O5S3/c1-2-18-14-8-12(7-10-3-5-11(19)6-4-10)25(20,21)16-13(14)9-15(24-16)26(17,22)23/h3-6,8-9,16,18-19H,2,7H2,1H3,(H2,17,22,23). The average molecular weight is 415 g/mol. The summed E-state index contributed by atoms with van der Waals surface area (Å²) < 4.78 is 48.2. The molecule has 0 saturated heterocycles. The van der Waals surface area contributed by atoms with Crippen LogP contribution in [0.1, 0.15) is 12.5 Å². The van der Waals surface area contributed by atoms with Gasteiger partial charge in [0.25, 0.3) is 0 Å². The molecular formula is C16H18N2O5S3. The fourth-order valence-corrected chi connectivity index (χ4v) is 7.43. The number of aromatic hydroxyl groups is 1. The summed E-state index contributed by atoms with van der Waals surface area (Å²) in [6, 6.07) is 6.27. The van der Waals surface area contributed by atoms with Gasteiger partial charge >= 0.3 is 0 Å². The van der Waals surface area contributed by atoms with Crippen LogP contribution in [0.3, 0.4) is 0 Å². The highest BCUT2D eigenvalue weighted by Crippen LogP contribution is 2.47. The molecule has 4 N–H and O–H groups in total. The van der Waals surface area contributed by atoms with Crippen molar-refractivity contribution in [2.75, 3.05) is 6.54 Å². The van der Waals surface area contributed by atoms with Crippen LogP contribution in [0.15, 0.2) is 56.8 Å². The highest BCUT2D eigenvalue weighted by Gasteiger charge is 2.43. The Morgan fingerprint density at radius 3 is 2.46 bits per heavy atom. The summed E-state index contributed by atoms with van der Waals surface area (Å²) >= 11 is 0.736. The van der Waals surface area contributed by atoms with Crippen LogP contribution in [-0.2, 0) is 26.3 Å². The third-order valence-corrected chi connectivity index (χ3v) is 9.32. The molecule has 10 heteroatoms. The molecule has 1 unspecified atom stereocenters. The van der Waals surface area contributed by atoms with E-state index in [0.29, 0.717) is 17.8 Å². The first-order chi connectivity index (χ1) is 12.1. The number of phenolic OH excluding ortho intramolecular Hbond substituents is 1. The van der Waals surface area contributed by atoms with E-state index >= 15 is 0 Å². The number of likely N-dealkylation sites (N-methyl/N-ethyl adjacent to an activating group) is 1. The minimum absolute atomic E-state index is 0.0955. The molecule has 2 aliphatic rings. The molecule has 140 valence electrons. The van der Waals surface area contributed by atoms with Crippen LogP contribution >= 0.6 is 11.8 Å². The molecule has 1 aromatic carbocycles. The number of rotatable bonds is 5. The van der Waals surface area contributed by atoms with Crippen LogP contribution in [-0.4, -0.2) is 33.1 Å². The van der Waals surface area contributed by atoms with Crippen LogP contribution < -0.4 is 10.5 Å². The number of nitrogens with one attached hydrogen (secondary N) is 1. The fraction of sp³-hybridized carbons (Fsp3) is 0.250. The Morgan fingerprint density at radius 2 is 1.88 bits per heavy atom. The summed E-state index contributed by atoms with van der Waals surface area (Å²) in [4.78, 5) is 0.185. The van der Waals surface area contributed by atoms with E-state index in [4.69, 9.17) is 5.14 Å². The second-order valence-electron chi connectivity index (χ2n) is 5.86. The van der Waals surface area contributed by atoms with Crippen molar-refractivity contribution in [1.29, 1.82) is 0 Å². The first kappa shape index (κ1) is 19.0. The number of benzene rings is 1. The summed E-state index contributed by atoms with van der Waals surface area (Å²) in [6.45, 7) is 2.42. The van der Waals surface area contributed by atoms with Crippen LogP contribution in [0.5, 0.6) is 5.75 Å². The number of allylic oxidation sites excluding steroid dienone is 3. The number of primary sulfonamides is 1. The van der Waals surface area contributed by atoms with E-state index in [2.05, 4.69) is 5.32 Å². The van der Waals surface area contributed by atoms with Gasteiger partial charge in [-0.1, -0.05) is 23.9 Å². The predicted molar refractivity (Wildman–Crippen MR) is 102 cm³/mol. The van der Waals surface area contributed by atoms with Crippen molar-refractivity contribution in [1.82, 2.24) is 5.32 Å². The van der Waals surface area contributed by atoms with Crippen LogP contribution in [0.4, 0.5) is 0 Å². The Kier molecular flexibility index (Phi) is 4.95.